The highest BCUT2D eigenvalue weighted by Gasteiger charge is 2.61. The maximum atomic E-state index is 13.1. The number of fused-ring (bicyclic) bond motifs is 5. The fourth-order valence-electron chi connectivity index (χ4n) is 5.65. The second-order valence-corrected chi connectivity index (χ2v) is 9.11. The van der Waals surface area contributed by atoms with E-state index in [2.05, 4.69) is 5.32 Å². The van der Waals surface area contributed by atoms with Gasteiger partial charge in [-0.2, -0.15) is 13.2 Å². The molecule has 3 aliphatic rings. The molecule has 2 aromatic rings. The van der Waals surface area contributed by atoms with Crippen LogP contribution in [0.4, 0.5) is 24.5 Å². The minimum absolute atomic E-state index is 0.0663. The van der Waals surface area contributed by atoms with E-state index in [1.807, 2.05) is 0 Å². The molecule has 3 fully saturated rings. The Morgan fingerprint density at radius 3 is 2.14 bits per heavy atom. The zero-order valence-electron chi connectivity index (χ0n) is 18.4. The van der Waals surface area contributed by atoms with Crippen LogP contribution in [0.2, 0.25) is 0 Å². The fourth-order valence-corrected chi connectivity index (χ4v) is 5.65. The van der Waals surface area contributed by atoms with Crippen molar-refractivity contribution in [3.8, 4) is 0 Å². The SMILES string of the molecule is O=C(COC(=O)c1ccc(N2C(=O)[C@@H]3[C@H]4CC[C@@H](C4)[C@@H]3C2=O)cc1)Nc1ccccc1C(F)(F)F. The summed E-state index contributed by atoms with van der Waals surface area (Å²) in [4.78, 5) is 51.4. The van der Waals surface area contributed by atoms with Gasteiger partial charge in [0.1, 0.15) is 0 Å². The maximum Gasteiger partial charge on any atom is 0.418 e. The summed E-state index contributed by atoms with van der Waals surface area (Å²) in [5.41, 5.74) is -1.02. The molecule has 7 nitrogen and oxygen atoms in total. The Morgan fingerprint density at radius 2 is 1.54 bits per heavy atom. The van der Waals surface area contributed by atoms with E-state index in [0.29, 0.717) is 5.69 Å². The second-order valence-electron chi connectivity index (χ2n) is 9.11. The van der Waals surface area contributed by atoms with Crippen LogP contribution in [0.15, 0.2) is 48.5 Å². The number of ether oxygens (including phenoxy) is 1. The normalized spacial score (nSPS) is 25.1. The first-order chi connectivity index (χ1) is 16.6. The number of para-hydroxylation sites is 1. The van der Waals surface area contributed by atoms with E-state index in [9.17, 15) is 32.3 Å². The van der Waals surface area contributed by atoms with Crippen molar-refractivity contribution in [2.24, 2.45) is 23.7 Å². The molecule has 5 rings (SSSR count). The molecule has 1 saturated heterocycles. The van der Waals surface area contributed by atoms with E-state index in [-0.39, 0.29) is 41.0 Å². The molecule has 0 spiro atoms. The van der Waals surface area contributed by atoms with Crippen LogP contribution in [0.5, 0.6) is 0 Å². The minimum Gasteiger partial charge on any atom is -0.452 e. The Balaban J connectivity index is 1.20. The average molecular weight is 486 g/mol. The number of benzene rings is 2. The highest BCUT2D eigenvalue weighted by molar-refractivity contribution is 6.22. The van der Waals surface area contributed by atoms with Gasteiger partial charge in [0.2, 0.25) is 11.8 Å². The smallest absolute Gasteiger partial charge is 0.418 e. The van der Waals surface area contributed by atoms with Crippen molar-refractivity contribution >= 4 is 35.1 Å². The lowest BCUT2D eigenvalue weighted by molar-refractivity contribution is -0.137. The number of alkyl halides is 3. The van der Waals surface area contributed by atoms with E-state index in [4.69, 9.17) is 4.74 Å². The third kappa shape index (κ3) is 4.06. The van der Waals surface area contributed by atoms with Crippen LogP contribution in [0.25, 0.3) is 0 Å². The molecule has 3 amide bonds. The lowest BCUT2D eigenvalue weighted by Crippen LogP contribution is -2.32. The second kappa shape index (κ2) is 8.51. The van der Waals surface area contributed by atoms with E-state index in [1.165, 1.54) is 41.3 Å². The molecule has 1 aliphatic heterocycles. The highest BCUT2D eigenvalue weighted by Crippen LogP contribution is 2.56. The van der Waals surface area contributed by atoms with E-state index in [0.717, 1.165) is 31.4 Å². The highest BCUT2D eigenvalue weighted by atomic mass is 19.4. The predicted octanol–water partition coefficient (Wildman–Crippen LogP) is 4.04. The van der Waals surface area contributed by atoms with Crippen molar-refractivity contribution in [1.29, 1.82) is 0 Å². The monoisotopic (exact) mass is 486 g/mol. The van der Waals surface area contributed by atoms with Crippen LogP contribution >= 0.6 is 0 Å². The van der Waals surface area contributed by atoms with Crippen molar-refractivity contribution in [3.05, 3.63) is 59.7 Å². The number of carbonyl (C=O) groups excluding carboxylic acids is 4. The van der Waals surface area contributed by atoms with Crippen LogP contribution in [-0.2, 0) is 25.3 Å². The number of anilines is 2. The number of carbonyl (C=O) groups is 4. The number of rotatable bonds is 5. The Hall–Kier alpha value is -3.69. The molecule has 0 unspecified atom stereocenters. The summed E-state index contributed by atoms with van der Waals surface area (Å²) in [6.45, 7) is -0.790. The van der Waals surface area contributed by atoms with E-state index in [1.54, 1.807) is 0 Å². The number of hydrogen-bond donors (Lipinski definition) is 1. The molecule has 35 heavy (non-hydrogen) atoms. The van der Waals surface area contributed by atoms with Crippen LogP contribution in [0.1, 0.15) is 35.2 Å². The molecule has 0 radical (unpaired) electrons. The van der Waals surface area contributed by atoms with Gasteiger partial charge >= 0.3 is 12.1 Å². The van der Waals surface area contributed by atoms with Crippen molar-refractivity contribution in [2.45, 2.75) is 25.4 Å². The lowest BCUT2D eigenvalue weighted by Gasteiger charge is -2.19. The van der Waals surface area contributed by atoms with Gasteiger partial charge in [-0.3, -0.25) is 19.3 Å². The fraction of sp³-hybridized carbons (Fsp3) is 0.360. The van der Waals surface area contributed by atoms with Gasteiger partial charge in [0, 0.05) is 0 Å². The number of esters is 1. The van der Waals surface area contributed by atoms with Crippen molar-refractivity contribution in [3.63, 3.8) is 0 Å². The molecule has 10 heteroatoms. The summed E-state index contributed by atoms with van der Waals surface area (Å²) in [5, 5.41) is 2.09. The first-order valence-electron chi connectivity index (χ1n) is 11.3. The van der Waals surface area contributed by atoms with Gasteiger partial charge in [0.05, 0.1) is 34.3 Å². The van der Waals surface area contributed by atoms with Gasteiger partial charge in [0.25, 0.3) is 5.91 Å². The number of halogens is 3. The number of hydrogen-bond acceptors (Lipinski definition) is 5. The van der Waals surface area contributed by atoms with Crippen LogP contribution < -0.4 is 10.2 Å². The maximum absolute atomic E-state index is 13.1. The summed E-state index contributed by atoms with van der Waals surface area (Å²) in [5.74, 6) is -2.19. The van der Waals surface area contributed by atoms with Crippen molar-refractivity contribution in [2.75, 3.05) is 16.8 Å². The van der Waals surface area contributed by atoms with Gasteiger partial charge in [0.15, 0.2) is 6.61 Å². The van der Waals surface area contributed by atoms with E-state index >= 15 is 0 Å². The first-order valence-corrected chi connectivity index (χ1v) is 11.3. The molecule has 2 aromatic carbocycles. The van der Waals surface area contributed by atoms with Gasteiger partial charge in [-0.15, -0.1) is 0 Å². The van der Waals surface area contributed by atoms with Crippen LogP contribution in [0.3, 0.4) is 0 Å². The topological polar surface area (TPSA) is 92.8 Å². The van der Waals surface area contributed by atoms with Gasteiger partial charge in [-0.25, -0.2) is 4.79 Å². The summed E-state index contributed by atoms with van der Waals surface area (Å²) in [7, 11) is 0. The molecule has 2 aliphatic carbocycles. The Morgan fingerprint density at radius 1 is 0.943 bits per heavy atom. The van der Waals surface area contributed by atoms with Crippen molar-refractivity contribution < 1.29 is 37.1 Å². The standard InChI is InChI=1S/C25H21F3N2O5/c26-25(27,28)17-3-1-2-4-18(17)29-19(31)12-35-24(34)13-7-9-16(10-8-13)30-22(32)20-14-5-6-15(11-14)21(20)23(30)33/h1-4,7-10,14-15,20-21H,5-6,11-12H2,(H,29,31)/t14-,15-,20-,21+/m0/s1. The molecular weight excluding hydrogens is 465 g/mol. The minimum atomic E-state index is -4.65. The largest absolute Gasteiger partial charge is 0.452 e. The molecule has 2 saturated carbocycles. The van der Waals surface area contributed by atoms with Crippen LogP contribution in [-0.4, -0.2) is 30.3 Å². The summed E-state index contributed by atoms with van der Waals surface area (Å²) >= 11 is 0. The molecule has 0 aromatic heterocycles. The lowest BCUT2D eigenvalue weighted by atomic mass is 9.81. The zero-order chi connectivity index (χ0) is 24.9. The molecule has 182 valence electrons. The number of nitrogens with one attached hydrogen (secondary N) is 1. The Labute approximate surface area is 198 Å². The average Bonchev–Trinajstić information content (AvgIpc) is 3.51. The first kappa shape index (κ1) is 23.1. The molecule has 4 atom stereocenters. The van der Waals surface area contributed by atoms with Gasteiger partial charge in [-0.05, 0) is 67.5 Å². The predicted molar refractivity (Wildman–Crippen MR) is 117 cm³/mol. The summed E-state index contributed by atoms with van der Waals surface area (Å²) < 4.78 is 44.1. The quantitative estimate of drug-likeness (QED) is 0.509. The summed E-state index contributed by atoms with van der Waals surface area (Å²) in [6, 6.07) is 10.1. The van der Waals surface area contributed by atoms with Gasteiger partial charge < -0.3 is 10.1 Å². The Kier molecular flexibility index (Phi) is 5.61. The van der Waals surface area contributed by atoms with Crippen LogP contribution in [0, 0.1) is 23.7 Å². The molecule has 2 bridgehead atoms. The van der Waals surface area contributed by atoms with E-state index < -0.39 is 35.9 Å². The molecule has 1 N–H and O–H groups in total. The third-order valence-corrected chi connectivity index (χ3v) is 7.13. The number of imide groups is 1. The zero-order valence-corrected chi connectivity index (χ0v) is 18.4. The summed E-state index contributed by atoms with van der Waals surface area (Å²) in [6.07, 6.45) is -1.78. The Bertz CT molecular complexity index is 1180. The van der Waals surface area contributed by atoms with Crippen molar-refractivity contribution in [1.82, 2.24) is 0 Å². The number of amides is 3. The van der Waals surface area contributed by atoms with Gasteiger partial charge in [-0.1, -0.05) is 12.1 Å². The third-order valence-electron chi connectivity index (χ3n) is 7.13. The molecule has 1 heterocycles. The molecular formula is C25H21F3N2O5. The number of nitrogens with zero attached hydrogens (tertiary/aromatic N) is 1.